The second-order valence-corrected chi connectivity index (χ2v) is 3.70. The first-order valence-corrected chi connectivity index (χ1v) is 5.58. The minimum absolute atomic E-state index is 0.159. The number of pyridine rings is 1. The average Bonchev–Trinajstić information content (AvgIpc) is 2.41. The summed E-state index contributed by atoms with van der Waals surface area (Å²) in [7, 11) is 0. The molecule has 0 spiro atoms. The normalized spacial score (nSPS) is 9.88. The number of nitrogens with one attached hydrogen (secondary N) is 1. The molecule has 0 bridgehead atoms. The molecule has 0 atom stereocenters. The minimum Gasteiger partial charge on any atom is -0.384 e. The van der Waals surface area contributed by atoms with Crippen molar-refractivity contribution in [2.75, 3.05) is 11.9 Å². The molecule has 86 valence electrons. The molecule has 0 radical (unpaired) electrons. The van der Waals surface area contributed by atoms with Crippen molar-refractivity contribution in [2.24, 2.45) is 0 Å². The fourth-order valence-electron chi connectivity index (χ4n) is 1.56. The van der Waals surface area contributed by atoms with Crippen LogP contribution in [0, 0.1) is 0 Å². The highest BCUT2D eigenvalue weighted by Crippen LogP contribution is 2.06. The zero-order valence-corrected chi connectivity index (χ0v) is 9.47. The van der Waals surface area contributed by atoms with Gasteiger partial charge in [0.1, 0.15) is 0 Å². The van der Waals surface area contributed by atoms with Crippen LogP contribution in [0.15, 0.2) is 54.9 Å². The third-order valence-electron chi connectivity index (χ3n) is 2.46. The fraction of sp³-hybridized carbons (Fsp3) is 0.143. The van der Waals surface area contributed by atoms with Crippen LogP contribution < -0.4 is 5.32 Å². The van der Waals surface area contributed by atoms with E-state index in [0.717, 1.165) is 11.3 Å². The van der Waals surface area contributed by atoms with Gasteiger partial charge in [-0.2, -0.15) is 0 Å². The van der Waals surface area contributed by atoms with Crippen LogP contribution in [0.5, 0.6) is 0 Å². The van der Waals surface area contributed by atoms with E-state index in [1.54, 1.807) is 12.4 Å². The van der Waals surface area contributed by atoms with E-state index in [2.05, 4.69) is 10.3 Å². The Balaban J connectivity index is 1.82. The summed E-state index contributed by atoms with van der Waals surface area (Å²) in [4.78, 5) is 15.7. The van der Waals surface area contributed by atoms with Crippen molar-refractivity contribution in [2.45, 2.75) is 6.42 Å². The topological polar surface area (TPSA) is 42.0 Å². The molecule has 0 unspecified atom stereocenters. The second-order valence-electron chi connectivity index (χ2n) is 3.70. The molecule has 1 aromatic heterocycles. The summed E-state index contributed by atoms with van der Waals surface area (Å²) in [5.41, 5.74) is 1.75. The minimum atomic E-state index is 0.159. The zero-order valence-electron chi connectivity index (χ0n) is 9.47. The number of benzene rings is 1. The molecular formula is C14H14N2O. The third-order valence-corrected chi connectivity index (χ3v) is 2.46. The van der Waals surface area contributed by atoms with Gasteiger partial charge in [0.2, 0.25) is 0 Å². The molecule has 0 fully saturated rings. The van der Waals surface area contributed by atoms with Gasteiger partial charge in [0, 0.05) is 36.6 Å². The van der Waals surface area contributed by atoms with Crippen LogP contribution in [0.1, 0.15) is 16.8 Å². The van der Waals surface area contributed by atoms with Crippen molar-refractivity contribution in [1.29, 1.82) is 0 Å². The Morgan fingerprint density at radius 1 is 1.06 bits per heavy atom. The molecule has 0 aliphatic rings. The highest BCUT2D eigenvalue weighted by Gasteiger charge is 2.03. The van der Waals surface area contributed by atoms with E-state index in [0.29, 0.717) is 13.0 Å². The smallest absolute Gasteiger partial charge is 0.164 e. The van der Waals surface area contributed by atoms with Crippen molar-refractivity contribution in [3.63, 3.8) is 0 Å². The molecule has 1 aromatic carbocycles. The van der Waals surface area contributed by atoms with E-state index in [4.69, 9.17) is 0 Å². The molecule has 0 saturated carbocycles. The van der Waals surface area contributed by atoms with Gasteiger partial charge in [-0.1, -0.05) is 30.3 Å². The number of ketones is 1. The monoisotopic (exact) mass is 226 g/mol. The Bertz CT molecular complexity index is 468. The molecule has 0 saturated heterocycles. The third kappa shape index (κ3) is 3.41. The summed E-state index contributed by atoms with van der Waals surface area (Å²) in [5, 5.41) is 3.18. The lowest BCUT2D eigenvalue weighted by atomic mass is 10.1. The lowest BCUT2D eigenvalue weighted by Crippen LogP contribution is -2.08. The summed E-state index contributed by atoms with van der Waals surface area (Å²) < 4.78 is 0. The van der Waals surface area contributed by atoms with Crippen LogP contribution in [0.3, 0.4) is 0 Å². The van der Waals surface area contributed by atoms with E-state index in [1.165, 1.54) is 0 Å². The zero-order chi connectivity index (χ0) is 11.9. The van der Waals surface area contributed by atoms with Gasteiger partial charge in [-0.25, -0.2) is 0 Å². The summed E-state index contributed by atoms with van der Waals surface area (Å²) >= 11 is 0. The van der Waals surface area contributed by atoms with Crippen LogP contribution in [0.25, 0.3) is 0 Å². The number of carbonyl (C=O) groups is 1. The fourth-order valence-corrected chi connectivity index (χ4v) is 1.56. The Hall–Kier alpha value is -2.16. The van der Waals surface area contributed by atoms with Crippen molar-refractivity contribution in [3.8, 4) is 0 Å². The van der Waals surface area contributed by atoms with Gasteiger partial charge < -0.3 is 5.32 Å². The molecule has 1 heterocycles. The standard InChI is InChI=1S/C14H14N2O/c17-14(12-4-2-1-3-5-12)8-11-16-13-6-9-15-10-7-13/h1-7,9-10H,8,11H2,(H,15,16). The van der Waals surface area contributed by atoms with E-state index in [-0.39, 0.29) is 5.78 Å². The number of carbonyl (C=O) groups excluding carboxylic acids is 1. The average molecular weight is 226 g/mol. The molecule has 0 amide bonds. The highest BCUT2D eigenvalue weighted by molar-refractivity contribution is 5.96. The van der Waals surface area contributed by atoms with Gasteiger partial charge in [0.25, 0.3) is 0 Å². The van der Waals surface area contributed by atoms with Crippen LogP contribution in [-0.2, 0) is 0 Å². The van der Waals surface area contributed by atoms with Gasteiger partial charge in [0.05, 0.1) is 0 Å². The first-order valence-electron chi connectivity index (χ1n) is 5.58. The summed E-state index contributed by atoms with van der Waals surface area (Å²) in [5.74, 6) is 0.159. The van der Waals surface area contributed by atoms with Crippen LogP contribution >= 0.6 is 0 Å². The number of hydrogen-bond donors (Lipinski definition) is 1. The van der Waals surface area contributed by atoms with E-state index in [9.17, 15) is 4.79 Å². The number of nitrogens with zero attached hydrogens (tertiary/aromatic N) is 1. The van der Waals surface area contributed by atoms with Gasteiger partial charge >= 0.3 is 0 Å². The number of Topliss-reactive ketones (excluding diaryl/α,β-unsaturated/α-hetero) is 1. The van der Waals surface area contributed by atoms with Crippen molar-refractivity contribution in [3.05, 3.63) is 60.4 Å². The molecule has 0 aliphatic heterocycles. The quantitative estimate of drug-likeness (QED) is 0.797. The molecule has 3 heteroatoms. The maximum Gasteiger partial charge on any atom is 0.164 e. The predicted molar refractivity (Wildman–Crippen MR) is 68.1 cm³/mol. The first kappa shape index (κ1) is 11.3. The maximum absolute atomic E-state index is 11.8. The Labute approximate surface area is 101 Å². The van der Waals surface area contributed by atoms with Gasteiger partial charge in [-0.05, 0) is 12.1 Å². The number of rotatable bonds is 5. The van der Waals surface area contributed by atoms with Crippen LogP contribution in [0.2, 0.25) is 0 Å². The first-order chi connectivity index (χ1) is 8.36. The molecular weight excluding hydrogens is 212 g/mol. The Morgan fingerprint density at radius 2 is 1.76 bits per heavy atom. The van der Waals surface area contributed by atoms with Gasteiger partial charge in [-0.15, -0.1) is 0 Å². The van der Waals surface area contributed by atoms with E-state index >= 15 is 0 Å². The number of aromatic nitrogens is 1. The molecule has 3 nitrogen and oxygen atoms in total. The maximum atomic E-state index is 11.8. The van der Waals surface area contributed by atoms with Crippen LogP contribution in [0.4, 0.5) is 5.69 Å². The Kier molecular flexibility index (Phi) is 3.86. The molecule has 0 aliphatic carbocycles. The Morgan fingerprint density at radius 3 is 2.47 bits per heavy atom. The lowest BCUT2D eigenvalue weighted by molar-refractivity contribution is 0.0986. The largest absolute Gasteiger partial charge is 0.384 e. The highest BCUT2D eigenvalue weighted by atomic mass is 16.1. The van der Waals surface area contributed by atoms with Gasteiger partial charge in [-0.3, -0.25) is 9.78 Å². The summed E-state index contributed by atoms with van der Waals surface area (Å²) in [6.45, 7) is 0.637. The van der Waals surface area contributed by atoms with E-state index in [1.807, 2.05) is 42.5 Å². The van der Waals surface area contributed by atoms with E-state index < -0.39 is 0 Å². The molecule has 17 heavy (non-hydrogen) atoms. The lowest BCUT2D eigenvalue weighted by Gasteiger charge is -2.05. The summed E-state index contributed by atoms with van der Waals surface area (Å²) in [6, 6.07) is 13.1. The molecule has 1 N–H and O–H groups in total. The van der Waals surface area contributed by atoms with Crippen molar-refractivity contribution < 1.29 is 4.79 Å². The van der Waals surface area contributed by atoms with Crippen molar-refractivity contribution >= 4 is 11.5 Å². The molecule has 2 aromatic rings. The SMILES string of the molecule is O=C(CCNc1ccncc1)c1ccccc1. The molecule has 2 rings (SSSR count). The number of hydrogen-bond acceptors (Lipinski definition) is 3. The van der Waals surface area contributed by atoms with Crippen LogP contribution in [-0.4, -0.2) is 17.3 Å². The predicted octanol–water partition coefficient (Wildman–Crippen LogP) is 2.77. The van der Waals surface area contributed by atoms with Crippen molar-refractivity contribution in [1.82, 2.24) is 4.98 Å². The summed E-state index contributed by atoms with van der Waals surface area (Å²) in [6.07, 6.45) is 3.94. The number of anilines is 1. The second kappa shape index (κ2) is 5.80. The van der Waals surface area contributed by atoms with Gasteiger partial charge in [0.15, 0.2) is 5.78 Å².